The van der Waals surface area contributed by atoms with Gasteiger partial charge in [0.05, 0.1) is 0 Å². The topological polar surface area (TPSA) is 87.4 Å². The molecule has 5 heteroatoms. The summed E-state index contributed by atoms with van der Waals surface area (Å²) in [5.74, 6) is 0.0696. The fourth-order valence-electron chi connectivity index (χ4n) is 1.32. The van der Waals surface area contributed by atoms with Gasteiger partial charge in [0.2, 0.25) is 5.91 Å². The number of benzene rings is 1. The highest BCUT2D eigenvalue weighted by atomic mass is 16.3. The van der Waals surface area contributed by atoms with Crippen LogP contribution in [0.1, 0.15) is 5.56 Å². The van der Waals surface area contributed by atoms with E-state index in [0.717, 1.165) is 12.1 Å². The maximum Gasteiger partial charge on any atom is 0.244 e. The minimum absolute atomic E-state index is 0.141. The highest BCUT2D eigenvalue weighted by Crippen LogP contribution is 2.10. The number of nitrogens with one attached hydrogen (secondary N) is 2. The van der Waals surface area contributed by atoms with Crippen LogP contribution in [0.4, 0.5) is 0 Å². The first kappa shape index (κ1) is 14.2. The summed E-state index contributed by atoms with van der Waals surface area (Å²) in [7, 11) is 0. The van der Waals surface area contributed by atoms with Crippen LogP contribution < -0.4 is 16.4 Å². The summed E-state index contributed by atoms with van der Waals surface area (Å²) in [6.45, 7) is 2.61. The number of nitrogens with two attached hydrogens (primary N) is 1. The van der Waals surface area contributed by atoms with E-state index in [9.17, 15) is 4.79 Å². The minimum Gasteiger partial charge on any atom is -0.508 e. The van der Waals surface area contributed by atoms with Gasteiger partial charge in [-0.15, -0.1) is 0 Å². The number of carbonyl (C=O) groups excluding carboxylic acids is 1. The van der Waals surface area contributed by atoms with E-state index in [2.05, 4.69) is 10.6 Å². The van der Waals surface area contributed by atoms with Gasteiger partial charge in [0, 0.05) is 32.3 Å². The third kappa shape index (κ3) is 6.03. The van der Waals surface area contributed by atoms with Crippen molar-refractivity contribution < 1.29 is 9.90 Å². The van der Waals surface area contributed by atoms with Crippen molar-refractivity contribution in [3.63, 3.8) is 0 Å². The zero-order valence-electron chi connectivity index (χ0n) is 10.2. The molecule has 98 valence electrons. The average Bonchev–Trinajstić information content (AvgIpc) is 2.38. The molecule has 1 aromatic rings. The fourth-order valence-corrected chi connectivity index (χ4v) is 1.32. The number of hydrogen-bond acceptors (Lipinski definition) is 4. The fraction of sp³-hybridized carbons (Fsp3) is 0.308. The number of aromatic hydroxyl groups is 1. The maximum absolute atomic E-state index is 11.4. The maximum atomic E-state index is 11.4. The molecule has 0 saturated heterocycles. The second-order valence-corrected chi connectivity index (χ2v) is 3.75. The highest BCUT2D eigenvalue weighted by Gasteiger charge is 1.94. The molecular formula is C13H19N3O2. The third-order valence-corrected chi connectivity index (χ3v) is 2.24. The van der Waals surface area contributed by atoms with Crippen molar-refractivity contribution in [1.29, 1.82) is 0 Å². The second kappa shape index (κ2) is 8.27. The lowest BCUT2D eigenvalue weighted by molar-refractivity contribution is -0.116. The zero-order chi connectivity index (χ0) is 13.2. The summed E-state index contributed by atoms with van der Waals surface area (Å²) >= 11 is 0. The molecule has 0 spiro atoms. The van der Waals surface area contributed by atoms with E-state index < -0.39 is 0 Å². The molecule has 1 amide bonds. The molecule has 0 radical (unpaired) electrons. The van der Waals surface area contributed by atoms with Crippen LogP contribution in [0.3, 0.4) is 0 Å². The van der Waals surface area contributed by atoms with Gasteiger partial charge in [0.15, 0.2) is 0 Å². The van der Waals surface area contributed by atoms with Crippen LogP contribution in [0.25, 0.3) is 6.08 Å². The highest BCUT2D eigenvalue weighted by molar-refractivity contribution is 5.91. The van der Waals surface area contributed by atoms with Gasteiger partial charge in [-0.05, 0) is 23.8 Å². The molecule has 1 aromatic carbocycles. The number of rotatable bonds is 7. The molecule has 0 atom stereocenters. The lowest BCUT2D eigenvalue weighted by Gasteiger charge is -2.03. The van der Waals surface area contributed by atoms with Crippen LogP contribution in [-0.2, 0) is 4.79 Å². The number of phenols is 1. The van der Waals surface area contributed by atoms with Crippen molar-refractivity contribution in [2.24, 2.45) is 5.73 Å². The summed E-state index contributed by atoms with van der Waals surface area (Å²) < 4.78 is 0. The molecule has 18 heavy (non-hydrogen) atoms. The van der Waals surface area contributed by atoms with Gasteiger partial charge in [0.25, 0.3) is 0 Å². The van der Waals surface area contributed by atoms with Crippen LogP contribution in [-0.4, -0.2) is 37.2 Å². The summed E-state index contributed by atoms with van der Waals surface area (Å²) in [4.78, 5) is 11.4. The van der Waals surface area contributed by atoms with Crippen LogP contribution >= 0.6 is 0 Å². The van der Waals surface area contributed by atoms with E-state index in [0.29, 0.717) is 19.6 Å². The second-order valence-electron chi connectivity index (χ2n) is 3.75. The molecule has 0 aliphatic heterocycles. The predicted octanol–water partition coefficient (Wildman–Crippen LogP) is 0.0699. The van der Waals surface area contributed by atoms with E-state index >= 15 is 0 Å². The lowest BCUT2D eigenvalue weighted by Crippen LogP contribution is -2.33. The van der Waals surface area contributed by atoms with Gasteiger partial charge < -0.3 is 21.5 Å². The van der Waals surface area contributed by atoms with Crippen molar-refractivity contribution in [3.8, 4) is 5.75 Å². The first-order chi connectivity index (χ1) is 8.72. The monoisotopic (exact) mass is 249 g/mol. The Morgan fingerprint density at radius 1 is 1.22 bits per heavy atom. The van der Waals surface area contributed by atoms with Crippen molar-refractivity contribution in [1.82, 2.24) is 10.6 Å². The molecule has 0 fully saturated rings. The van der Waals surface area contributed by atoms with Crippen molar-refractivity contribution in [2.75, 3.05) is 26.2 Å². The smallest absolute Gasteiger partial charge is 0.244 e. The Balaban J connectivity index is 2.25. The molecule has 5 nitrogen and oxygen atoms in total. The van der Waals surface area contributed by atoms with Crippen molar-refractivity contribution in [2.45, 2.75) is 0 Å². The summed E-state index contributed by atoms with van der Waals surface area (Å²) in [5, 5.41) is 14.9. The summed E-state index contributed by atoms with van der Waals surface area (Å²) in [6, 6.07) is 6.63. The summed E-state index contributed by atoms with van der Waals surface area (Å²) in [6.07, 6.45) is 3.16. The van der Waals surface area contributed by atoms with Gasteiger partial charge in [-0.2, -0.15) is 0 Å². The van der Waals surface area contributed by atoms with E-state index in [1.54, 1.807) is 30.3 Å². The molecule has 0 heterocycles. The predicted molar refractivity (Wildman–Crippen MR) is 72.1 cm³/mol. The Kier molecular flexibility index (Phi) is 6.53. The molecular weight excluding hydrogens is 230 g/mol. The molecule has 0 aliphatic rings. The Hall–Kier alpha value is -1.85. The van der Waals surface area contributed by atoms with Crippen molar-refractivity contribution >= 4 is 12.0 Å². The average molecular weight is 249 g/mol. The van der Waals surface area contributed by atoms with Crippen LogP contribution in [0.2, 0.25) is 0 Å². The van der Waals surface area contributed by atoms with E-state index in [4.69, 9.17) is 10.8 Å². The summed E-state index contributed by atoms with van der Waals surface area (Å²) in [5.41, 5.74) is 6.18. The van der Waals surface area contributed by atoms with E-state index in [1.807, 2.05) is 0 Å². The van der Waals surface area contributed by atoms with Crippen LogP contribution in [0, 0.1) is 0 Å². The van der Waals surface area contributed by atoms with Gasteiger partial charge in [0.1, 0.15) is 5.75 Å². The molecule has 1 rings (SSSR count). The lowest BCUT2D eigenvalue weighted by atomic mass is 10.2. The number of phenolic OH excluding ortho intramolecular Hbond substituents is 1. The molecule has 0 aliphatic carbocycles. The van der Waals surface area contributed by atoms with Gasteiger partial charge in [-0.3, -0.25) is 4.79 Å². The van der Waals surface area contributed by atoms with E-state index in [-0.39, 0.29) is 11.7 Å². The number of amides is 1. The first-order valence-electron chi connectivity index (χ1n) is 5.88. The Morgan fingerprint density at radius 2 is 1.94 bits per heavy atom. The standard InChI is InChI=1S/C13H19N3O2/c14-7-8-15-9-10-16-13(18)6-3-11-1-4-12(17)5-2-11/h1-6,15,17H,7-10,14H2,(H,16,18)/b6-3+. The SMILES string of the molecule is NCCNCCNC(=O)/C=C/c1ccc(O)cc1. The van der Waals surface area contributed by atoms with Gasteiger partial charge in [-0.1, -0.05) is 12.1 Å². The largest absolute Gasteiger partial charge is 0.508 e. The number of carbonyl (C=O) groups is 1. The number of hydrogen-bond donors (Lipinski definition) is 4. The van der Waals surface area contributed by atoms with E-state index in [1.165, 1.54) is 6.08 Å². The minimum atomic E-state index is -0.141. The Morgan fingerprint density at radius 3 is 2.61 bits per heavy atom. The molecule has 5 N–H and O–H groups in total. The van der Waals surface area contributed by atoms with Crippen LogP contribution in [0.15, 0.2) is 30.3 Å². The molecule has 0 aromatic heterocycles. The van der Waals surface area contributed by atoms with Crippen molar-refractivity contribution in [3.05, 3.63) is 35.9 Å². The van der Waals surface area contributed by atoms with Crippen LogP contribution in [0.5, 0.6) is 5.75 Å². The first-order valence-corrected chi connectivity index (χ1v) is 5.88. The Labute approximate surface area is 107 Å². The quantitative estimate of drug-likeness (QED) is 0.407. The molecule has 0 bridgehead atoms. The third-order valence-electron chi connectivity index (χ3n) is 2.24. The molecule has 0 saturated carbocycles. The Bertz CT molecular complexity index is 388. The van der Waals surface area contributed by atoms with Gasteiger partial charge >= 0.3 is 0 Å². The zero-order valence-corrected chi connectivity index (χ0v) is 10.2. The molecule has 0 unspecified atom stereocenters. The van der Waals surface area contributed by atoms with Gasteiger partial charge in [-0.25, -0.2) is 0 Å². The normalized spacial score (nSPS) is 10.7.